The van der Waals surface area contributed by atoms with Crippen LogP contribution in [0.5, 0.6) is 11.5 Å². The first kappa shape index (κ1) is 9.58. The number of benzene rings is 1. The van der Waals surface area contributed by atoms with Crippen molar-refractivity contribution in [3.05, 3.63) is 42.6 Å². The van der Waals surface area contributed by atoms with Crippen LogP contribution in [0.4, 0.5) is 0 Å². The van der Waals surface area contributed by atoms with Gasteiger partial charge in [0.15, 0.2) is 6.61 Å². The van der Waals surface area contributed by atoms with Gasteiger partial charge in [-0.05, 0) is 12.1 Å². The van der Waals surface area contributed by atoms with E-state index in [4.69, 9.17) is 13.9 Å². The molecule has 0 aliphatic heterocycles. The van der Waals surface area contributed by atoms with E-state index in [1.54, 1.807) is 13.3 Å². The second kappa shape index (κ2) is 4.50. The number of rotatable bonds is 4. The highest BCUT2D eigenvalue weighted by Gasteiger charge is 2.00. The van der Waals surface area contributed by atoms with Crippen LogP contribution in [0.15, 0.2) is 41.1 Å². The molecule has 0 aliphatic carbocycles. The first-order valence-electron chi connectivity index (χ1n) is 4.54. The standard InChI is InChI=1S/C11H11NO3/c1-13-9-3-2-4-10(7-9)15-8-11-12-5-6-14-11/h2-7H,8H2,1H3. The molecule has 0 unspecified atom stereocenters. The van der Waals surface area contributed by atoms with Crippen LogP contribution < -0.4 is 9.47 Å². The molecule has 0 atom stereocenters. The SMILES string of the molecule is COc1cccc(OCc2ncco2)c1. The summed E-state index contributed by atoms with van der Waals surface area (Å²) in [5, 5.41) is 0. The van der Waals surface area contributed by atoms with Gasteiger partial charge in [0, 0.05) is 6.07 Å². The van der Waals surface area contributed by atoms with Gasteiger partial charge in [0.05, 0.1) is 13.3 Å². The summed E-state index contributed by atoms with van der Waals surface area (Å²) in [6, 6.07) is 7.39. The molecule has 1 aromatic carbocycles. The molecular formula is C11H11NO3. The van der Waals surface area contributed by atoms with E-state index in [2.05, 4.69) is 4.98 Å². The Bertz CT molecular complexity index is 412. The van der Waals surface area contributed by atoms with E-state index in [9.17, 15) is 0 Å². The lowest BCUT2D eigenvalue weighted by Gasteiger charge is -2.05. The number of hydrogen-bond acceptors (Lipinski definition) is 4. The van der Waals surface area contributed by atoms with Crippen molar-refractivity contribution >= 4 is 0 Å². The van der Waals surface area contributed by atoms with Crippen LogP contribution >= 0.6 is 0 Å². The van der Waals surface area contributed by atoms with Crippen molar-refractivity contribution in [2.45, 2.75) is 6.61 Å². The first-order chi connectivity index (χ1) is 7.38. The smallest absolute Gasteiger partial charge is 0.232 e. The highest BCUT2D eigenvalue weighted by atomic mass is 16.5. The van der Waals surface area contributed by atoms with Crippen LogP contribution in [0.2, 0.25) is 0 Å². The Labute approximate surface area is 87.5 Å². The quantitative estimate of drug-likeness (QED) is 0.768. The Morgan fingerprint density at radius 3 is 2.93 bits per heavy atom. The van der Waals surface area contributed by atoms with Crippen LogP contribution in [0.1, 0.15) is 5.89 Å². The fraction of sp³-hybridized carbons (Fsp3) is 0.182. The van der Waals surface area contributed by atoms with Crippen molar-refractivity contribution in [3.63, 3.8) is 0 Å². The molecule has 0 radical (unpaired) electrons. The number of methoxy groups -OCH3 is 1. The van der Waals surface area contributed by atoms with Crippen LogP contribution in [0.25, 0.3) is 0 Å². The third kappa shape index (κ3) is 2.49. The lowest BCUT2D eigenvalue weighted by Crippen LogP contribution is -1.95. The second-order valence-electron chi connectivity index (χ2n) is 2.89. The summed E-state index contributed by atoms with van der Waals surface area (Å²) in [5.41, 5.74) is 0. The predicted octanol–water partition coefficient (Wildman–Crippen LogP) is 2.26. The summed E-state index contributed by atoms with van der Waals surface area (Å²) in [6.07, 6.45) is 3.11. The lowest BCUT2D eigenvalue weighted by atomic mass is 10.3. The van der Waals surface area contributed by atoms with E-state index in [0.717, 1.165) is 11.5 Å². The molecule has 2 rings (SSSR count). The lowest BCUT2D eigenvalue weighted by molar-refractivity contribution is 0.261. The molecule has 0 saturated heterocycles. The summed E-state index contributed by atoms with van der Waals surface area (Å²) in [5.74, 6) is 2.05. The summed E-state index contributed by atoms with van der Waals surface area (Å²) in [4.78, 5) is 3.95. The number of hydrogen-bond donors (Lipinski definition) is 0. The number of nitrogens with zero attached hydrogens (tertiary/aromatic N) is 1. The van der Waals surface area contributed by atoms with Gasteiger partial charge in [-0.3, -0.25) is 0 Å². The molecule has 1 heterocycles. The monoisotopic (exact) mass is 205 g/mol. The van der Waals surface area contributed by atoms with Gasteiger partial charge in [-0.15, -0.1) is 0 Å². The first-order valence-corrected chi connectivity index (χ1v) is 4.54. The maximum Gasteiger partial charge on any atom is 0.232 e. The maximum atomic E-state index is 5.46. The van der Waals surface area contributed by atoms with Crippen LogP contribution in [-0.4, -0.2) is 12.1 Å². The number of ether oxygens (including phenoxy) is 2. The van der Waals surface area contributed by atoms with Gasteiger partial charge in [0.25, 0.3) is 0 Å². The van der Waals surface area contributed by atoms with Crippen molar-refractivity contribution in [1.29, 1.82) is 0 Å². The largest absolute Gasteiger partial charge is 0.497 e. The summed E-state index contributed by atoms with van der Waals surface area (Å²) < 4.78 is 15.6. The molecule has 2 aromatic rings. The molecule has 4 heteroatoms. The molecule has 0 saturated carbocycles. The van der Waals surface area contributed by atoms with Crippen molar-refractivity contribution < 1.29 is 13.9 Å². The molecule has 0 bridgehead atoms. The zero-order chi connectivity index (χ0) is 10.5. The second-order valence-corrected chi connectivity index (χ2v) is 2.89. The predicted molar refractivity (Wildman–Crippen MR) is 53.8 cm³/mol. The van der Waals surface area contributed by atoms with Crippen LogP contribution in [-0.2, 0) is 6.61 Å². The van der Waals surface area contributed by atoms with Crippen LogP contribution in [0, 0.1) is 0 Å². The van der Waals surface area contributed by atoms with E-state index >= 15 is 0 Å². The zero-order valence-corrected chi connectivity index (χ0v) is 8.34. The number of oxazole rings is 1. The number of aromatic nitrogens is 1. The van der Waals surface area contributed by atoms with Gasteiger partial charge in [-0.2, -0.15) is 0 Å². The minimum atomic E-state index is 0.320. The van der Waals surface area contributed by atoms with Gasteiger partial charge >= 0.3 is 0 Å². The van der Waals surface area contributed by atoms with Crippen LogP contribution in [0.3, 0.4) is 0 Å². The maximum absolute atomic E-state index is 5.46. The highest BCUT2D eigenvalue weighted by Crippen LogP contribution is 2.19. The molecule has 0 amide bonds. The minimum Gasteiger partial charge on any atom is -0.497 e. The summed E-state index contributed by atoms with van der Waals surface area (Å²) in [7, 11) is 1.62. The van der Waals surface area contributed by atoms with E-state index in [-0.39, 0.29) is 0 Å². The van der Waals surface area contributed by atoms with E-state index < -0.39 is 0 Å². The fourth-order valence-electron chi connectivity index (χ4n) is 1.16. The van der Waals surface area contributed by atoms with Crippen molar-refractivity contribution in [1.82, 2.24) is 4.98 Å². The van der Waals surface area contributed by atoms with Crippen molar-refractivity contribution in [3.8, 4) is 11.5 Å². The molecule has 1 aromatic heterocycles. The topological polar surface area (TPSA) is 44.5 Å². The van der Waals surface area contributed by atoms with Gasteiger partial charge in [0.2, 0.25) is 5.89 Å². The van der Waals surface area contributed by atoms with Crippen molar-refractivity contribution in [2.24, 2.45) is 0 Å². The summed E-state index contributed by atoms with van der Waals surface area (Å²) >= 11 is 0. The molecule has 15 heavy (non-hydrogen) atoms. The third-order valence-electron chi connectivity index (χ3n) is 1.89. The Balaban J connectivity index is 1.98. The molecule has 4 nitrogen and oxygen atoms in total. The van der Waals surface area contributed by atoms with Gasteiger partial charge < -0.3 is 13.9 Å². The minimum absolute atomic E-state index is 0.320. The van der Waals surface area contributed by atoms with Crippen molar-refractivity contribution in [2.75, 3.05) is 7.11 Å². The Kier molecular flexibility index (Phi) is 2.88. The third-order valence-corrected chi connectivity index (χ3v) is 1.89. The molecular weight excluding hydrogens is 194 g/mol. The normalized spacial score (nSPS) is 9.93. The Morgan fingerprint density at radius 1 is 1.33 bits per heavy atom. The Morgan fingerprint density at radius 2 is 2.20 bits per heavy atom. The molecule has 0 N–H and O–H groups in total. The van der Waals surface area contributed by atoms with Gasteiger partial charge in [-0.25, -0.2) is 4.98 Å². The van der Waals surface area contributed by atoms with Gasteiger partial charge in [0.1, 0.15) is 17.8 Å². The fourth-order valence-corrected chi connectivity index (χ4v) is 1.16. The van der Waals surface area contributed by atoms with E-state index in [0.29, 0.717) is 12.5 Å². The highest BCUT2D eigenvalue weighted by molar-refractivity contribution is 5.32. The average Bonchev–Trinajstić information content (AvgIpc) is 2.79. The average molecular weight is 205 g/mol. The van der Waals surface area contributed by atoms with E-state index in [1.807, 2.05) is 24.3 Å². The van der Waals surface area contributed by atoms with E-state index in [1.165, 1.54) is 6.26 Å². The van der Waals surface area contributed by atoms with Gasteiger partial charge in [-0.1, -0.05) is 6.07 Å². The zero-order valence-electron chi connectivity index (χ0n) is 8.34. The molecule has 0 spiro atoms. The molecule has 0 fully saturated rings. The Hall–Kier alpha value is -1.97. The molecule has 78 valence electrons. The summed E-state index contributed by atoms with van der Waals surface area (Å²) in [6.45, 7) is 0.320. The molecule has 0 aliphatic rings.